The molecule has 5 heteroatoms. The smallest absolute Gasteiger partial charge is 0.244 e. The Labute approximate surface area is 138 Å². The SMILES string of the molecule is O=C(/C=C/c1ccc(F)cc1)NCCSc1ccc(Cl)cc1. The summed E-state index contributed by atoms with van der Waals surface area (Å²) in [5, 5.41) is 3.51. The Morgan fingerprint density at radius 1 is 1.14 bits per heavy atom. The van der Waals surface area contributed by atoms with Crippen LogP contribution in [0.15, 0.2) is 59.5 Å². The molecule has 0 unspecified atom stereocenters. The lowest BCUT2D eigenvalue weighted by Crippen LogP contribution is -2.23. The first-order chi connectivity index (χ1) is 10.6. The zero-order valence-electron chi connectivity index (χ0n) is 11.8. The van der Waals surface area contributed by atoms with Crippen molar-refractivity contribution in [1.29, 1.82) is 0 Å². The van der Waals surface area contributed by atoms with Crippen LogP contribution in [0, 0.1) is 5.82 Å². The maximum absolute atomic E-state index is 12.7. The Hall–Kier alpha value is -1.78. The summed E-state index contributed by atoms with van der Waals surface area (Å²) in [5.41, 5.74) is 0.784. The lowest BCUT2D eigenvalue weighted by molar-refractivity contribution is -0.116. The number of carbonyl (C=O) groups excluding carboxylic acids is 1. The molecule has 0 spiro atoms. The number of thioether (sulfide) groups is 1. The minimum absolute atomic E-state index is 0.166. The van der Waals surface area contributed by atoms with Crippen LogP contribution in [0.4, 0.5) is 4.39 Å². The van der Waals surface area contributed by atoms with Gasteiger partial charge in [-0.25, -0.2) is 4.39 Å². The van der Waals surface area contributed by atoms with Crippen molar-refractivity contribution in [3.05, 3.63) is 71.0 Å². The summed E-state index contributed by atoms with van der Waals surface area (Å²) in [5.74, 6) is 0.319. The van der Waals surface area contributed by atoms with E-state index in [1.54, 1.807) is 30.0 Å². The van der Waals surface area contributed by atoms with E-state index in [4.69, 9.17) is 11.6 Å². The van der Waals surface area contributed by atoms with Crippen LogP contribution in [0.2, 0.25) is 5.02 Å². The Morgan fingerprint density at radius 3 is 2.50 bits per heavy atom. The Bertz CT molecular complexity index is 641. The van der Waals surface area contributed by atoms with E-state index >= 15 is 0 Å². The van der Waals surface area contributed by atoms with Crippen LogP contribution in [0.25, 0.3) is 6.08 Å². The summed E-state index contributed by atoms with van der Waals surface area (Å²) in [6.45, 7) is 0.569. The highest BCUT2D eigenvalue weighted by Crippen LogP contribution is 2.19. The molecule has 0 aliphatic heterocycles. The van der Waals surface area contributed by atoms with E-state index in [1.807, 2.05) is 24.3 Å². The zero-order chi connectivity index (χ0) is 15.8. The second kappa shape index (κ2) is 8.61. The molecule has 0 aliphatic carbocycles. The quantitative estimate of drug-likeness (QED) is 0.481. The van der Waals surface area contributed by atoms with Crippen LogP contribution in [0.1, 0.15) is 5.56 Å². The van der Waals surface area contributed by atoms with Gasteiger partial charge in [-0.05, 0) is 48.0 Å². The van der Waals surface area contributed by atoms with Crippen molar-refractivity contribution in [2.24, 2.45) is 0 Å². The second-order valence-corrected chi connectivity index (χ2v) is 6.08. The summed E-state index contributed by atoms with van der Waals surface area (Å²) in [4.78, 5) is 12.8. The fourth-order valence-corrected chi connectivity index (χ4v) is 2.57. The molecule has 1 amide bonds. The number of rotatable bonds is 6. The standard InChI is InChI=1S/C17H15ClFNOS/c18-14-4-8-16(9-5-14)22-12-11-20-17(21)10-3-13-1-6-15(19)7-2-13/h1-10H,11-12H2,(H,20,21)/b10-3+. The molecular weight excluding hydrogens is 321 g/mol. The fourth-order valence-electron chi connectivity index (χ4n) is 1.68. The summed E-state index contributed by atoms with van der Waals surface area (Å²) >= 11 is 7.46. The van der Waals surface area contributed by atoms with E-state index in [0.717, 1.165) is 16.2 Å². The molecule has 0 aliphatic rings. The van der Waals surface area contributed by atoms with E-state index < -0.39 is 0 Å². The summed E-state index contributed by atoms with van der Waals surface area (Å²) in [6.07, 6.45) is 3.10. The molecule has 0 aromatic heterocycles. The normalized spacial score (nSPS) is 10.8. The van der Waals surface area contributed by atoms with Gasteiger partial charge in [0.15, 0.2) is 0 Å². The van der Waals surface area contributed by atoms with Crippen LogP contribution in [-0.2, 0) is 4.79 Å². The third-order valence-corrected chi connectivity index (χ3v) is 4.05. The maximum atomic E-state index is 12.7. The van der Waals surface area contributed by atoms with E-state index in [9.17, 15) is 9.18 Å². The molecular formula is C17H15ClFNOS. The average Bonchev–Trinajstić information content (AvgIpc) is 2.53. The minimum Gasteiger partial charge on any atom is -0.352 e. The highest BCUT2D eigenvalue weighted by Gasteiger charge is 1.97. The van der Waals surface area contributed by atoms with Crippen molar-refractivity contribution in [2.45, 2.75) is 4.90 Å². The number of halogens is 2. The van der Waals surface area contributed by atoms with Crippen molar-refractivity contribution >= 4 is 35.3 Å². The molecule has 0 saturated heterocycles. The van der Waals surface area contributed by atoms with Gasteiger partial charge in [-0.3, -0.25) is 4.79 Å². The first-order valence-electron chi connectivity index (χ1n) is 6.73. The van der Waals surface area contributed by atoms with Gasteiger partial charge in [0, 0.05) is 28.3 Å². The number of amides is 1. The van der Waals surface area contributed by atoms with E-state index in [2.05, 4.69) is 5.32 Å². The highest BCUT2D eigenvalue weighted by molar-refractivity contribution is 7.99. The number of nitrogens with one attached hydrogen (secondary N) is 1. The fraction of sp³-hybridized carbons (Fsp3) is 0.118. The summed E-state index contributed by atoms with van der Waals surface area (Å²) < 4.78 is 12.7. The van der Waals surface area contributed by atoms with Crippen LogP contribution >= 0.6 is 23.4 Å². The zero-order valence-corrected chi connectivity index (χ0v) is 13.3. The largest absolute Gasteiger partial charge is 0.352 e. The van der Waals surface area contributed by atoms with E-state index in [0.29, 0.717) is 11.6 Å². The first-order valence-corrected chi connectivity index (χ1v) is 8.10. The molecule has 0 saturated carbocycles. The van der Waals surface area contributed by atoms with Crippen LogP contribution in [0.3, 0.4) is 0 Å². The predicted octanol–water partition coefficient (Wildman–Crippen LogP) is 4.40. The first kappa shape index (κ1) is 16.6. The van der Waals surface area contributed by atoms with Gasteiger partial charge < -0.3 is 5.32 Å². The van der Waals surface area contributed by atoms with Crippen molar-refractivity contribution in [3.63, 3.8) is 0 Å². The molecule has 2 aromatic rings. The molecule has 0 heterocycles. The molecule has 0 radical (unpaired) electrons. The summed E-state index contributed by atoms with van der Waals surface area (Å²) in [7, 11) is 0. The van der Waals surface area contributed by atoms with Crippen molar-refractivity contribution in [3.8, 4) is 0 Å². The van der Waals surface area contributed by atoms with Gasteiger partial charge in [0.05, 0.1) is 0 Å². The van der Waals surface area contributed by atoms with Crippen LogP contribution < -0.4 is 5.32 Å². The van der Waals surface area contributed by atoms with Gasteiger partial charge >= 0.3 is 0 Å². The number of benzene rings is 2. The number of hydrogen-bond donors (Lipinski definition) is 1. The molecule has 2 rings (SSSR count). The number of hydrogen-bond acceptors (Lipinski definition) is 2. The van der Waals surface area contributed by atoms with E-state index in [-0.39, 0.29) is 11.7 Å². The van der Waals surface area contributed by atoms with Gasteiger partial charge in [-0.2, -0.15) is 0 Å². The molecule has 2 aromatic carbocycles. The van der Waals surface area contributed by atoms with Crippen LogP contribution in [-0.4, -0.2) is 18.2 Å². The predicted molar refractivity (Wildman–Crippen MR) is 90.6 cm³/mol. The molecule has 1 N–H and O–H groups in total. The lowest BCUT2D eigenvalue weighted by atomic mass is 10.2. The third-order valence-electron chi connectivity index (χ3n) is 2.78. The molecule has 22 heavy (non-hydrogen) atoms. The maximum Gasteiger partial charge on any atom is 0.244 e. The Kier molecular flexibility index (Phi) is 6.49. The minimum atomic E-state index is -0.291. The van der Waals surface area contributed by atoms with E-state index in [1.165, 1.54) is 18.2 Å². The van der Waals surface area contributed by atoms with Gasteiger partial charge in [0.2, 0.25) is 5.91 Å². The van der Waals surface area contributed by atoms with Gasteiger partial charge in [-0.1, -0.05) is 23.7 Å². The molecule has 0 fully saturated rings. The second-order valence-electron chi connectivity index (χ2n) is 4.48. The summed E-state index contributed by atoms with van der Waals surface area (Å²) in [6, 6.07) is 13.5. The molecule has 0 atom stereocenters. The molecule has 2 nitrogen and oxygen atoms in total. The Morgan fingerprint density at radius 2 is 1.82 bits per heavy atom. The monoisotopic (exact) mass is 335 g/mol. The average molecular weight is 336 g/mol. The van der Waals surface area contributed by atoms with Gasteiger partial charge in [0.1, 0.15) is 5.82 Å². The third kappa shape index (κ3) is 5.92. The lowest BCUT2D eigenvalue weighted by Gasteiger charge is -2.03. The van der Waals surface area contributed by atoms with Gasteiger partial charge in [-0.15, -0.1) is 11.8 Å². The number of carbonyl (C=O) groups is 1. The van der Waals surface area contributed by atoms with Crippen LogP contribution in [0.5, 0.6) is 0 Å². The Balaban J connectivity index is 1.69. The van der Waals surface area contributed by atoms with Gasteiger partial charge in [0.25, 0.3) is 0 Å². The highest BCUT2D eigenvalue weighted by atomic mass is 35.5. The molecule has 0 bridgehead atoms. The van der Waals surface area contributed by atoms with Crippen molar-refractivity contribution < 1.29 is 9.18 Å². The van der Waals surface area contributed by atoms with Crippen molar-refractivity contribution in [1.82, 2.24) is 5.32 Å². The van der Waals surface area contributed by atoms with Crippen molar-refractivity contribution in [2.75, 3.05) is 12.3 Å². The topological polar surface area (TPSA) is 29.1 Å². The molecule has 114 valence electrons.